The molecule has 0 saturated carbocycles. The number of nitrogens with zero attached hydrogens (tertiary/aromatic N) is 5. The lowest BCUT2D eigenvalue weighted by atomic mass is 9.92. The van der Waals surface area contributed by atoms with E-state index in [-0.39, 0.29) is 11.3 Å². The molecule has 2 aromatic carbocycles. The number of amides is 3. The summed E-state index contributed by atoms with van der Waals surface area (Å²) in [6.45, 7) is 12.3. The number of hydrogen-bond acceptors (Lipinski definition) is 7. The first-order valence-electron chi connectivity index (χ1n) is 14.9. The average Bonchev–Trinajstić information content (AvgIpc) is 3.42. The van der Waals surface area contributed by atoms with Gasteiger partial charge in [0.2, 0.25) is 0 Å². The van der Waals surface area contributed by atoms with Gasteiger partial charge in [-0.1, -0.05) is 44.5 Å². The fraction of sp³-hybridized carbons (Fsp3) is 0.333. The highest BCUT2D eigenvalue weighted by atomic mass is 32.2. The molecular formula is C33H40FN7O5S. The van der Waals surface area contributed by atoms with E-state index in [9.17, 15) is 22.4 Å². The van der Waals surface area contributed by atoms with Crippen molar-refractivity contribution in [3.8, 4) is 5.69 Å². The molecule has 12 nitrogen and oxygen atoms in total. The lowest BCUT2D eigenvalue weighted by Gasteiger charge is -2.35. The van der Waals surface area contributed by atoms with Gasteiger partial charge in [-0.15, -0.1) is 0 Å². The van der Waals surface area contributed by atoms with Crippen molar-refractivity contribution >= 4 is 39.4 Å². The summed E-state index contributed by atoms with van der Waals surface area (Å²) in [6.07, 6.45) is 0.715. The van der Waals surface area contributed by atoms with Crippen LogP contribution in [-0.2, 0) is 15.5 Å². The molecule has 2 aromatic heterocycles. The van der Waals surface area contributed by atoms with Gasteiger partial charge in [-0.05, 0) is 56.3 Å². The van der Waals surface area contributed by atoms with Crippen LogP contribution in [0.15, 0.2) is 66.7 Å². The van der Waals surface area contributed by atoms with Crippen LogP contribution in [0.25, 0.3) is 5.69 Å². The maximum Gasteiger partial charge on any atom is 0.324 e. The summed E-state index contributed by atoms with van der Waals surface area (Å²) in [6, 6.07) is 18.9. The number of benzene rings is 2. The van der Waals surface area contributed by atoms with Gasteiger partial charge in [-0.25, -0.2) is 18.9 Å². The van der Waals surface area contributed by atoms with Crippen LogP contribution in [0, 0.1) is 19.7 Å². The summed E-state index contributed by atoms with van der Waals surface area (Å²) in [5.41, 5.74) is 4.27. The van der Waals surface area contributed by atoms with Crippen LogP contribution in [0.2, 0.25) is 0 Å². The van der Waals surface area contributed by atoms with Gasteiger partial charge >= 0.3 is 6.03 Å². The zero-order valence-corrected chi connectivity index (χ0v) is 28.1. The highest BCUT2D eigenvalue weighted by Gasteiger charge is 2.24. The van der Waals surface area contributed by atoms with Gasteiger partial charge < -0.3 is 15.1 Å². The molecule has 1 aliphatic heterocycles. The van der Waals surface area contributed by atoms with Crippen LogP contribution in [0.5, 0.6) is 0 Å². The molecule has 3 amide bonds. The monoisotopic (exact) mass is 665 g/mol. The summed E-state index contributed by atoms with van der Waals surface area (Å²) >= 11 is 0. The summed E-state index contributed by atoms with van der Waals surface area (Å²) in [5.74, 6) is 0.730. The first-order valence-corrected chi connectivity index (χ1v) is 16.8. The predicted molar refractivity (Wildman–Crippen MR) is 181 cm³/mol. The van der Waals surface area contributed by atoms with E-state index in [2.05, 4.69) is 36.3 Å². The van der Waals surface area contributed by atoms with Crippen molar-refractivity contribution in [1.82, 2.24) is 19.7 Å². The predicted octanol–water partition coefficient (Wildman–Crippen LogP) is 5.43. The SMILES string of the molecule is CS(=O)(=O)O.Cc1ccc(-n2nc(C(C)(C)C)cc2NC(=O)Nc2ccc(N3CCN(C(=O)c4cccc(F)c4)CC3)nc2C)cc1. The number of aromatic nitrogens is 3. The number of nitrogens with one attached hydrogen (secondary N) is 2. The Morgan fingerprint density at radius 1 is 0.915 bits per heavy atom. The molecule has 0 radical (unpaired) electrons. The Bertz CT molecular complexity index is 1840. The van der Waals surface area contributed by atoms with Crippen LogP contribution >= 0.6 is 0 Å². The molecule has 5 rings (SSSR count). The van der Waals surface area contributed by atoms with Crippen molar-refractivity contribution in [1.29, 1.82) is 0 Å². The largest absolute Gasteiger partial charge is 0.353 e. The quantitative estimate of drug-likeness (QED) is 0.239. The molecule has 0 unspecified atom stereocenters. The number of rotatable bonds is 5. The van der Waals surface area contributed by atoms with E-state index in [1.165, 1.54) is 12.1 Å². The van der Waals surface area contributed by atoms with Crippen molar-refractivity contribution in [2.24, 2.45) is 0 Å². The van der Waals surface area contributed by atoms with E-state index in [0.717, 1.165) is 22.8 Å². The second-order valence-electron chi connectivity index (χ2n) is 12.3. The van der Waals surface area contributed by atoms with Gasteiger partial charge in [0.25, 0.3) is 16.0 Å². The molecule has 4 aromatic rings. The number of pyridine rings is 1. The summed E-state index contributed by atoms with van der Waals surface area (Å²) < 4.78 is 41.2. The van der Waals surface area contributed by atoms with Gasteiger partial charge in [0, 0.05) is 43.2 Å². The Labute approximate surface area is 274 Å². The van der Waals surface area contributed by atoms with E-state index in [4.69, 9.17) is 14.6 Å². The van der Waals surface area contributed by atoms with Crippen LogP contribution in [0.1, 0.15) is 48.1 Å². The van der Waals surface area contributed by atoms with Crippen LogP contribution in [-0.4, -0.2) is 77.0 Å². The van der Waals surface area contributed by atoms with Crippen molar-refractivity contribution < 1.29 is 27.0 Å². The third kappa shape index (κ3) is 9.83. The van der Waals surface area contributed by atoms with E-state index >= 15 is 0 Å². The van der Waals surface area contributed by atoms with Crippen molar-refractivity contribution in [3.63, 3.8) is 0 Å². The Balaban J connectivity index is 0.000000930. The summed E-state index contributed by atoms with van der Waals surface area (Å²) in [4.78, 5) is 34.4. The van der Waals surface area contributed by atoms with Crippen molar-refractivity contribution in [3.05, 3.63) is 95.1 Å². The normalized spacial score (nSPS) is 13.4. The Kier molecular flexibility index (Phi) is 10.7. The molecule has 250 valence electrons. The van der Waals surface area contributed by atoms with Gasteiger partial charge in [-0.3, -0.25) is 14.7 Å². The smallest absolute Gasteiger partial charge is 0.324 e. The fourth-order valence-corrected chi connectivity index (χ4v) is 4.79. The lowest BCUT2D eigenvalue weighted by molar-refractivity contribution is 0.0746. The molecule has 3 N–H and O–H groups in total. The van der Waals surface area contributed by atoms with E-state index < -0.39 is 22.0 Å². The van der Waals surface area contributed by atoms with E-state index in [1.54, 1.807) is 21.7 Å². The molecule has 0 bridgehead atoms. The molecule has 1 saturated heterocycles. The van der Waals surface area contributed by atoms with Gasteiger partial charge in [0.15, 0.2) is 0 Å². The number of anilines is 3. The summed E-state index contributed by atoms with van der Waals surface area (Å²) in [7, 11) is -3.67. The molecule has 14 heteroatoms. The van der Waals surface area contributed by atoms with Crippen LogP contribution in [0.3, 0.4) is 0 Å². The number of hydrogen-bond donors (Lipinski definition) is 3. The lowest BCUT2D eigenvalue weighted by Crippen LogP contribution is -2.49. The third-order valence-electron chi connectivity index (χ3n) is 7.28. The first-order chi connectivity index (χ1) is 22.0. The molecular weight excluding hydrogens is 625 g/mol. The second kappa shape index (κ2) is 14.3. The molecule has 0 aliphatic carbocycles. The maximum atomic E-state index is 13.6. The number of aryl methyl sites for hydroxylation is 2. The highest BCUT2D eigenvalue weighted by Crippen LogP contribution is 2.27. The van der Waals surface area contributed by atoms with E-state index in [1.807, 2.05) is 56.3 Å². The minimum atomic E-state index is -3.67. The summed E-state index contributed by atoms with van der Waals surface area (Å²) in [5, 5.41) is 10.6. The molecule has 0 spiro atoms. The molecule has 1 aliphatic rings. The number of halogens is 1. The standard InChI is InChI=1S/C32H36FN7O2.CH4O3S/c1-21-9-11-25(12-10-21)40-29(20-27(37-40)32(3,4)5)36-31(42)35-26-13-14-28(34-22(26)2)38-15-17-39(18-16-38)30(41)23-7-6-8-24(33)19-23;1-5(2,3)4/h6-14,19-20H,15-18H2,1-5H3,(H2,35,36,42);1H3,(H,2,3,4). The molecule has 3 heterocycles. The maximum absolute atomic E-state index is 13.6. The zero-order chi connectivity index (χ0) is 34.5. The number of urea groups is 1. The van der Waals surface area contributed by atoms with Crippen LogP contribution in [0.4, 0.5) is 26.5 Å². The molecule has 47 heavy (non-hydrogen) atoms. The van der Waals surface area contributed by atoms with Crippen molar-refractivity contribution in [2.45, 2.75) is 40.0 Å². The minimum absolute atomic E-state index is 0.179. The molecule has 1 fully saturated rings. The van der Waals surface area contributed by atoms with Gasteiger partial charge in [0.05, 0.1) is 29.0 Å². The molecule has 0 atom stereocenters. The number of carbonyl (C=O) groups is 2. The van der Waals surface area contributed by atoms with E-state index in [0.29, 0.717) is 55.2 Å². The third-order valence-corrected chi connectivity index (χ3v) is 7.28. The first kappa shape index (κ1) is 35.0. The second-order valence-corrected chi connectivity index (χ2v) is 13.8. The zero-order valence-electron chi connectivity index (χ0n) is 27.3. The fourth-order valence-electron chi connectivity index (χ4n) is 4.79. The Morgan fingerprint density at radius 3 is 2.13 bits per heavy atom. The number of carbonyl (C=O) groups excluding carboxylic acids is 2. The highest BCUT2D eigenvalue weighted by molar-refractivity contribution is 7.85. The van der Waals surface area contributed by atoms with Gasteiger partial charge in [0.1, 0.15) is 17.5 Å². The topological polar surface area (TPSA) is 150 Å². The average molecular weight is 666 g/mol. The van der Waals surface area contributed by atoms with Crippen molar-refractivity contribution in [2.75, 3.05) is 48.0 Å². The Hall–Kier alpha value is -4.82. The van der Waals surface area contributed by atoms with Crippen LogP contribution < -0.4 is 15.5 Å². The van der Waals surface area contributed by atoms with Gasteiger partial charge in [-0.2, -0.15) is 13.5 Å². The Morgan fingerprint density at radius 2 is 1.55 bits per heavy atom. The number of piperazine rings is 1. The minimum Gasteiger partial charge on any atom is -0.353 e.